The fraction of sp³-hybridized carbons (Fsp3) is 0.0870. The van der Waals surface area contributed by atoms with E-state index in [2.05, 4.69) is 5.32 Å². The molecular weight excluding hydrogens is 402 g/mol. The molecule has 29 heavy (non-hydrogen) atoms. The topological polar surface area (TPSA) is 63.2 Å². The lowest BCUT2D eigenvalue weighted by Gasteiger charge is -2.12. The monoisotopic (exact) mass is 421 g/mol. The van der Waals surface area contributed by atoms with Gasteiger partial charge >= 0.3 is 0 Å². The Morgan fingerprint density at radius 3 is 2.07 bits per heavy atom. The number of fused-ring (bicyclic) bond motifs is 1. The van der Waals surface area contributed by atoms with Crippen LogP contribution in [0.4, 0.5) is 5.69 Å². The van der Waals surface area contributed by atoms with Crippen LogP contribution in [0.1, 0.15) is 0 Å². The first-order valence-electron chi connectivity index (χ1n) is 9.03. The average molecular weight is 422 g/mol. The Hall–Kier alpha value is -2.96. The molecule has 0 saturated carbocycles. The number of hydrogen-bond acceptors (Lipinski definition) is 5. The summed E-state index contributed by atoms with van der Waals surface area (Å²) in [7, 11) is -1.43. The van der Waals surface area contributed by atoms with Gasteiger partial charge in [-0.05, 0) is 47.5 Å². The minimum absolute atomic E-state index is 0.0289. The van der Waals surface area contributed by atoms with Crippen LogP contribution in [0, 0.1) is 0 Å². The van der Waals surface area contributed by atoms with Crippen LogP contribution in [0.5, 0.6) is 0 Å². The molecule has 1 heterocycles. The molecule has 146 valence electrons. The normalized spacial score (nSPS) is 11.5. The van der Waals surface area contributed by atoms with Gasteiger partial charge in [-0.2, -0.15) is 0 Å². The number of benzene rings is 3. The Morgan fingerprint density at radius 1 is 0.828 bits per heavy atom. The SMILES string of the molecule is CNc1ccc(-c2c(-c3ccc(S(C)(=O)=O)cc3)sc3ccccc3c2=O)cc1. The standard InChI is InChI=1S/C23H19NO3S2/c1-24-17-11-7-15(8-12-17)21-22(25)19-5-3-4-6-20(19)28-23(21)16-9-13-18(14-10-16)29(2,26)27/h3-14,24H,1-2H3. The number of anilines is 1. The predicted octanol–water partition coefficient (Wildman–Crippen LogP) is 5.04. The molecule has 4 rings (SSSR count). The fourth-order valence-electron chi connectivity index (χ4n) is 3.26. The van der Waals surface area contributed by atoms with Gasteiger partial charge in [0.15, 0.2) is 15.3 Å². The van der Waals surface area contributed by atoms with Crippen molar-refractivity contribution in [3.63, 3.8) is 0 Å². The number of sulfone groups is 1. The second kappa shape index (κ2) is 7.46. The predicted molar refractivity (Wildman–Crippen MR) is 122 cm³/mol. The van der Waals surface area contributed by atoms with E-state index in [-0.39, 0.29) is 10.3 Å². The molecule has 3 aromatic carbocycles. The third-order valence-corrected chi connectivity index (χ3v) is 7.15. The lowest BCUT2D eigenvalue weighted by Crippen LogP contribution is -2.06. The molecular formula is C23H19NO3S2. The fourth-order valence-corrected chi connectivity index (χ4v) is 5.10. The minimum atomic E-state index is -3.28. The summed E-state index contributed by atoms with van der Waals surface area (Å²) < 4.78 is 24.5. The molecule has 4 aromatic rings. The zero-order valence-corrected chi connectivity index (χ0v) is 17.6. The summed E-state index contributed by atoms with van der Waals surface area (Å²) in [5.74, 6) is 0. The van der Waals surface area contributed by atoms with Crippen LogP contribution in [0.15, 0.2) is 82.5 Å². The van der Waals surface area contributed by atoms with Gasteiger partial charge in [-0.25, -0.2) is 8.42 Å². The van der Waals surface area contributed by atoms with E-state index in [1.807, 2.05) is 55.6 Å². The van der Waals surface area contributed by atoms with Crippen LogP contribution in [0.3, 0.4) is 0 Å². The summed E-state index contributed by atoms with van der Waals surface area (Å²) in [6.07, 6.45) is 1.19. The summed E-state index contributed by atoms with van der Waals surface area (Å²) in [6, 6.07) is 22.0. The third-order valence-electron chi connectivity index (χ3n) is 4.80. The third kappa shape index (κ3) is 3.69. The molecule has 0 amide bonds. The van der Waals surface area contributed by atoms with Gasteiger partial charge < -0.3 is 5.32 Å². The van der Waals surface area contributed by atoms with E-state index in [0.29, 0.717) is 10.9 Å². The zero-order valence-electron chi connectivity index (χ0n) is 16.0. The van der Waals surface area contributed by atoms with Gasteiger partial charge in [0.2, 0.25) is 0 Å². The first-order valence-corrected chi connectivity index (χ1v) is 11.7. The average Bonchev–Trinajstić information content (AvgIpc) is 2.73. The zero-order chi connectivity index (χ0) is 20.6. The van der Waals surface area contributed by atoms with Gasteiger partial charge in [-0.15, -0.1) is 11.3 Å². The van der Waals surface area contributed by atoms with E-state index in [1.54, 1.807) is 24.3 Å². The lowest BCUT2D eigenvalue weighted by atomic mass is 10.00. The highest BCUT2D eigenvalue weighted by Crippen LogP contribution is 2.37. The van der Waals surface area contributed by atoms with Gasteiger partial charge in [-0.3, -0.25) is 4.79 Å². The van der Waals surface area contributed by atoms with Crippen molar-refractivity contribution in [2.45, 2.75) is 4.90 Å². The molecule has 0 atom stereocenters. The molecule has 4 nitrogen and oxygen atoms in total. The second-order valence-electron chi connectivity index (χ2n) is 6.76. The summed E-state index contributed by atoms with van der Waals surface area (Å²) in [6.45, 7) is 0. The minimum Gasteiger partial charge on any atom is -0.388 e. The first kappa shape index (κ1) is 19.4. The number of hydrogen-bond donors (Lipinski definition) is 1. The van der Waals surface area contributed by atoms with E-state index in [1.165, 1.54) is 17.6 Å². The van der Waals surface area contributed by atoms with Crippen molar-refractivity contribution in [2.24, 2.45) is 0 Å². The number of nitrogens with one attached hydrogen (secondary N) is 1. The Kier molecular flexibility index (Phi) is 4.98. The van der Waals surface area contributed by atoms with E-state index in [9.17, 15) is 13.2 Å². The van der Waals surface area contributed by atoms with Gasteiger partial charge in [0.05, 0.1) is 4.90 Å². The Morgan fingerprint density at radius 2 is 1.45 bits per heavy atom. The molecule has 0 radical (unpaired) electrons. The van der Waals surface area contributed by atoms with Crippen molar-refractivity contribution in [1.82, 2.24) is 0 Å². The lowest BCUT2D eigenvalue weighted by molar-refractivity contribution is 0.602. The second-order valence-corrected chi connectivity index (χ2v) is 9.82. The maximum Gasteiger partial charge on any atom is 0.196 e. The molecule has 0 unspecified atom stereocenters. The van der Waals surface area contributed by atoms with Crippen LogP contribution < -0.4 is 10.7 Å². The maximum absolute atomic E-state index is 13.4. The summed E-state index contributed by atoms with van der Waals surface area (Å²) in [5, 5.41) is 3.77. The molecule has 0 saturated heterocycles. The molecule has 6 heteroatoms. The van der Waals surface area contributed by atoms with Gasteiger partial charge in [-0.1, -0.05) is 36.4 Å². The highest BCUT2D eigenvalue weighted by Gasteiger charge is 2.17. The van der Waals surface area contributed by atoms with Crippen molar-refractivity contribution in [1.29, 1.82) is 0 Å². The Balaban J connectivity index is 2.00. The van der Waals surface area contributed by atoms with Crippen LogP contribution in [-0.2, 0) is 9.84 Å². The molecule has 0 aliphatic heterocycles. The summed E-state index contributed by atoms with van der Waals surface area (Å²) >= 11 is 1.53. The highest BCUT2D eigenvalue weighted by molar-refractivity contribution is 7.90. The molecule has 0 aliphatic rings. The van der Waals surface area contributed by atoms with Gasteiger partial charge in [0.25, 0.3) is 0 Å². The molecule has 0 aliphatic carbocycles. The molecule has 0 fully saturated rings. The van der Waals surface area contributed by atoms with Crippen LogP contribution in [0.2, 0.25) is 0 Å². The molecule has 0 bridgehead atoms. The van der Waals surface area contributed by atoms with Crippen molar-refractivity contribution >= 4 is 36.9 Å². The smallest absolute Gasteiger partial charge is 0.196 e. The van der Waals surface area contributed by atoms with E-state index >= 15 is 0 Å². The van der Waals surface area contributed by atoms with Gasteiger partial charge in [0, 0.05) is 39.5 Å². The largest absolute Gasteiger partial charge is 0.388 e. The van der Waals surface area contributed by atoms with E-state index in [0.717, 1.165) is 26.4 Å². The van der Waals surface area contributed by atoms with E-state index in [4.69, 9.17) is 0 Å². The molecule has 1 N–H and O–H groups in total. The van der Waals surface area contributed by atoms with Crippen molar-refractivity contribution in [2.75, 3.05) is 18.6 Å². The van der Waals surface area contributed by atoms with E-state index < -0.39 is 9.84 Å². The van der Waals surface area contributed by atoms with Crippen molar-refractivity contribution in [3.8, 4) is 21.6 Å². The van der Waals surface area contributed by atoms with Gasteiger partial charge in [0.1, 0.15) is 0 Å². The quantitative estimate of drug-likeness (QED) is 0.501. The summed E-state index contributed by atoms with van der Waals surface area (Å²) in [5.41, 5.74) is 3.21. The Labute approximate surface area is 173 Å². The highest BCUT2D eigenvalue weighted by atomic mass is 32.2. The first-order chi connectivity index (χ1) is 13.9. The Bertz CT molecular complexity index is 1350. The molecule has 1 aromatic heterocycles. The van der Waals surface area contributed by atoms with Crippen LogP contribution in [0.25, 0.3) is 31.7 Å². The van der Waals surface area contributed by atoms with Crippen LogP contribution >= 0.6 is 11.3 Å². The summed E-state index contributed by atoms with van der Waals surface area (Å²) in [4.78, 5) is 14.5. The van der Waals surface area contributed by atoms with Crippen molar-refractivity contribution in [3.05, 3.63) is 83.0 Å². The van der Waals surface area contributed by atoms with Crippen molar-refractivity contribution < 1.29 is 8.42 Å². The number of rotatable bonds is 4. The van der Waals surface area contributed by atoms with Crippen LogP contribution in [-0.4, -0.2) is 21.7 Å². The maximum atomic E-state index is 13.4. The molecule has 0 spiro atoms.